The van der Waals surface area contributed by atoms with E-state index in [9.17, 15) is 0 Å². The van der Waals surface area contributed by atoms with Gasteiger partial charge in [0.25, 0.3) is 0 Å². The third-order valence-corrected chi connectivity index (χ3v) is 1.96. The number of nitrogens with zero attached hydrogens (tertiary/aromatic N) is 3. The van der Waals surface area contributed by atoms with E-state index in [1.54, 1.807) is 6.92 Å². The maximum absolute atomic E-state index is 8.44. The lowest BCUT2D eigenvalue weighted by molar-refractivity contribution is -0.248. The quantitative estimate of drug-likeness (QED) is 0.431. The molecular weight excluding hydrogens is 234 g/mol. The summed E-state index contributed by atoms with van der Waals surface area (Å²) < 4.78 is 16.1. The summed E-state index contributed by atoms with van der Waals surface area (Å²) in [6.07, 6.45) is 0.817. The summed E-state index contributed by atoms with van der Waals surface area (Å²) >= 11 is 0. The van der Waals surface area contributed by atoms with Crippen molar-refractivity contribution in [3.8, 4) is 18.2 Å². The van der Waals surface area contributed by atoms with Crippen molar-refractivity contribution in [3.63, 3.8) is 0 Å². The first-order valence-electron chi connectivity index (χ1n) is 5.65. The van der Waals surface area contributed by atoms with Gasteiger partial charge in [0.1, 0.15) is 6.61 Å². The number of ether oxygens (including phenoxy) is 3. The van der Waals surface area contributed by atoms with Crippen LogP contribution in [0.5, 0.6) is 0 Å². The molecule has 0 aliphatic rings. The van der Waals surface area contributed by atoms with E-state index in [1.807, 2.05) is 18.2 Å². The molecule has 0 heterocycles. The summed E-state index contributed by atoms with van der Waals surface area (Å²) in [5.74, 6) is -0.983. The number of hydrogen-bond donors (Lipinski definition) is 0. The molecule has 0 aromatic carbocycles. The van der Waals surface area contributed by atoms with Crippen molar-refractivity contribution in [2.24, 2.45) is 0 Å². The zero-order valence-electron chi connectivity index (χ0n) is 10.5. The summed E-state index contributed by atoms with van der Waals surface area (Å²) in [5, 5.41) is 25.3. The molecule has 6 heteroatoms. The van der Waals surface area contributed by atoms with Crippen LogP contribution in [0.4, 0.5) is 0 Å². The third-order valence-electron chi connectivity index (χ3n) is 1.96. The summed E-state index contributed by atoms with van der Waals surface area (Å²) in [6.45, 7) is 2.62. The maximum atomic E-state index is 8.44. The molecule has 0 aliphatic carbocycles. The van der Waals surface area contributed by atoms with Gasteiger partial charge in [0.05, 0.1) is 57.3 Å². The highest BCUT2D eigenvalue weighted by molar-refractivity contribution is 4.73. The second kappa shape index (κ2) is 10.5. The van der Waals surface area contributed by atoms with Gasteiger partial charge in [-0.3, -0.25) is 0 Å². The summed E-state index contributed by atoms with van der Waals surface area (Å²) in [7, 11) is 0. The first kappa shape index (κ1) is 16.4. The van der Waals surface area contributed by atoms with Crippen LogP contribution in [0.25, 0.3) is 0 Å². The second-order valence-electron chi connectivity index (χ2n) is 3.61. The molecule has 0 rings (SSSR count). The molecule has 0 aliphatic heterocycles. The predicted molar refractivity (Wildman–Crippen MR) is 61.8 cm³/mol. The zero-order valence-corrected chi connectivity index (χ0v) is 10.5. The SMILES string of the molecule is CC(COCCC#N)(OCCC#N)OCCC#N. The molecule has 6 nitrogen and oxygen atoms in total. The average Bonchev–Trinajstić information content (AvgIpc) is 2.36. The summed E-state index contributed by atoms with van der Waals surface area (Å²) in [4.78, 5) is 0. The van der Waals surface area contributed by atoms with Gasteiger partial charge in [0, 0.05) is 0 Å². The lowest BCUT2D eigenvalue weighted by atomic mass is 10.3. The molecule has 98 valence electrons. The van der Waals surface area contributed by atoms with E-state index in [4.69, 9.17) is 30.0 Å². The standard InChI is InChI=1S/C12H17N3O3/c1-12(17-9-3-6-14,18-10-4-7-15)11-16-8-2-5-13/h2-4,8-11H2,1H3. The van der Waals surface area contributed by atoms with Crippen molar-refractivity contribution < 1.29 is 14.2 Å². The Hall–Kier alpha value is -1.65. The first-order chi connectivity index (χ1) is 8.68. The fraction of sp³-hybridized carbons (Fsp3) is 0.750. The number of rotatable bonds is 10. The van der Waals surface area contributed by atoms with E-state index >= 15 is 0 Å². The summed E-state index contributed by atoms with van der Waals surface area (Å²) in [5.41, 5.74) is 0. The van der Waals surface area contributed by atoms with Gasteiger partial charge in [0.15, 0.2) is 5.79 Å². The van der Waals surface area contributed by atoms with E-state index in [-0.39, 0.29) is 32.7 Å². The van der Waals surface area contributed by atoms with Crippen LogP contribution >= 0.6 is 0 Å². The molecule has 0 saturated carbocycles. The Morgan fingerprint density at radius 1 is 0.833 bits per heavy atom. The number of nitriles is 3. The highest BCUT2D eigenvalue weighted by atomic mass is 16.7. The Bertz CT molecular complexity index is 318. The Morgan fingerprint density at radius 3 is 1.72 bits per heavy atom. The van der Waals surface area contributed by atoms with Crippen LogP contribution < -0.4 is 0 Å². The molecule has 0 spiro atoms. The van der Waals surface area contributed by atoms with Gasteiger partial charge in [-0.2, -0.15) is 15.8 Å². The summed E-state index contributed by atoms with van der Waals surface area (Å²) in [6, 6.07) is 5.90. The molecule has 0 aromatic heterocycles. The fourth-order valence-electron chi connectivity index (χ4n) is 1.13. The lowest BCUT2D eigenvalue weighted by Gasteiger charge is -2.29. The van der Waals surface area contributed by atoms with Crippen molar-refractivity contribution in [1.82, 2.24) is 0 Å². The number of hydrogen-bond acceptors (Lipinski definition) is 6. The first-order valence-corrected chi connectivity index (χ1v) is 5.65. The smallest absolute Gasteiger partial charge is 0.188 e. The molecule has 0 aromatic rings. The van der Waals surface area contributed by atoms with E-state index < -0.39 is 5.79 Å². The average molecular weight is 251 g/mol. The van der Waals surface area contributed by atoms with E-state index in [0.29, 0.717) is 13.0 Å². The van der Waals surface area contributed by atoms with Crippen molar-refractivity contribution in [2.45, 2.75) is 32.0 Å². The molecule has 0 saturated heterocycles. The van der Waals surface area contributed by atoms with Gasteiger partial charge in [0.2, 0.25) is 0 Å². The maximum Gasteiger partial charge on any atom is 0.188 e. The van der Waals surface area contributed by atoms with Gasteiger partial charge in [-0.1, -0.05) is 0 Å². The Morgan fingerprint density at radius 2 is 1.28 bits per heavy atom. The van der Waals surface area contributed by atoms with Crippen LogP contribution in [-0.2, 0) is 14.2 Å². The van der Waals surface area contributed by atoms with Gasteiger partial charge < -0.3 is 14.2 Å². The molecule has 18 heavy (non-hydrogen) atoms. The molecule has 0 N–H and O–H groups in total. The van der Waals surface area contributed by atoms with E-state index in [0.717, 1.165) is 0 Å². The minimum Gasteiger partial charge on any atom is -0.375 e. The second-order valence-corrected chi connectivity index (χ2v) is 3.61. The van der Waals surface area contributed by atoms with Crippen LogP contribution in [0, 0.1) is 34.0 Å². The highest BCUT2D eigenvalue weighted by Crippen LogP contribution is 2.14. The van der Waals surface area contributed by atoms with Gasteiger partial charge >= 0.3 is 0 Å². The zero-order chi connectivity index (χ0) is 13.7. The molecule has 0 amide bonds. The molecule has 0 bridgehead atoms. The van der Waals surface area contributed by atoms with Crippen molar-refractivity contribution in [1.29, 1.82) is 15.8 Å². The topological polar surface area (TPSA) is 99.1 Å². The predicted octanol–water partition coefficient (Wildman–Crippen LogP) is 1.49. The van der Waals surface area contributed by atoms with Gasteiger partial charge in [-0.15, -0.1) is 0 Å². The largest absolute Gasteiger partial charge is 0.375 e. The molecule has 0 radical (unpaired) electrons. The normalized spacial score (nSPS) is 10.3. The van der Waals surface area contributed by atoms with Crippen molar-refractivity contribution in [3.05, 3.63) is 0 Å². The Kier molecular flexibility index (Phi) is 9.54. The molecule has 0 fully saturated rings. The van der Waals surface area contributed by atoms with E-state index in [2.05, 4.69) is 0 Å². The highest BCUT2D eigenvalue weighted by Gasteiger charge is 2.26. The van der Waals surface area contributed by atoms with Crippen LogP contribution in [0.15, 0.2) is 0 Å². The van der Waals surface area contributed by atoms with E-state index in [1.165, 1.54) is 0 Å². The third kappa shape index (κ3) is 8.50. The van der Waals surface area contributed by atoms with Crippen LogP contribution in [0.1, 0.15) is 26.2 Å². The molecule has 0 unspecified atom stereocenters. The van der Waals surface area contributed by atoms with Crippen LogP contribution in [-0.4, -0.2) is 32.2 Å². The molecule has 0 atom stereocenters. The fourth-order valence-corrected chi connectivity index (χ4v) is 1.13. The monoisotopic (exact) mass is 251 g/mol. The minimum atomic E-state index is -0.983. The van der Waals surface area contributed by atoms with Crippen LogP contribution in [0.2, 0.25) is 0 Å². The van der Waals surface area contributed by atoms with Gasteiger partial charge in [-0.25, -0.2) is 0 Å². The Labute approximate surface area is 107 Å². The minimum absolute atomic E-state index is 0.158. The molecular formula is C12H17N3O3. The van der Waals surface area contributed by atoms with Crippen molar-refractivity contribution >= 4 is 0 Å². The van der Waals surface area contributed by atoms with Crippen LogP contribution in [0.3, 0.4) is 0 Å². The lowest BCUT2D eigenvalue weighted by Crippen LogP contribution is -2.38. The Balaban J connectivity index is 4.09. The van der Waals surface area contributed by atoms with Gasteiger partial charge in [-0.05, 0) is 6.92 Å². The van der Waals surface area contributed by atoms with Crippen molar-refractivity contribution in [2.75, 3.05) is 26.4 Å².